The molecule has 0 radical (unpaired) electrons. The van der Waals surface area contributed by atoms with E-state index >= 15 is 0 Å². The van der Waals surface area contributed by atoms with Crippen LogP contribution < -0.4 is 10.6 Å². The van der Waals surface area contributed by atoms with Crippen molar-refractivity contribution in [1.29, 1.82) is 0 Å². The Kier molecular flexibility index (Phi) is 5.63. The molecule has 0 heterocycles. The van der Waals surface area contributed by atoms with Crippen LogP contribution >= 0.6 is 23.2 Å². The van der Waals surface area contributed by atoms with Crippen molar-refractivity contribution in [2.45, 2.75) is 13.1 Å². The fourth-order valence-corrected chi connectivity index (χ4v) is 2.87. The van der Waals surface area contributed by atoms with Gasteiger partial charge in [0.25, 0.3) is 0 Å². The molecule has 0 aliphatic heterocycles. The predicted octanol–water partition coefficient (Wildman–Crippen LogP) is 6.22. The van der Waals surface area contributed by atoms with E-state index in [1.54, 1.807) is 0 Å². The Morgan fingerprint density at radius 1 is 0.583 bits per heavy atom. The van der Waals surface area contributed by atoms with Gasteiger partial charge in [-0.3, -0.25) is 0 Å². The van der Waals surface area contributed by atoms with Crippen molar-refractivity contribution in [1.82, 2.24) is 0 Å². The summed E-state index contributed by atoms with van der Waals surface area (Å²) in [5.41, 5.74) is 4.43. The van der Waals surface area contributed by atoms with Crippen LogP contribution in [0.4, 0.5) is 11.4 Å². The molecule has 122 valence electrons. The number of hydrogen-bond acceptors (Lipinski definition) is 2. The van der Waals surface area contributed by atoms with E-state index in [2.05, 4.69) is 41.0 Å². The fraction of sp³-hybridized carbons (Fsp3) is 0.100. The van der Waals surface area contributed by atoms with Crippen LogP contribution in [-0.2, 0) is 13.1 Å². The maximum Gasteiger partial charge on any atom is 0.0409 e. The van der Waals surface area contributed by atoms with Crippen molar-refractivity contribution in [3.63, 3.8) is 0 Å². The third kappa shape index (κ3) is 4.92. The highest BCUT2D eigenvalue weighted by molar-refractivity contribution is 6.30. The van der Waals surface area contributed by atoms with E-state index < -0.39 is 0 Å². The first kappa shape index (κ1) is 16.7. The van der Waals surface area contributed by atoms with Gasteiger partial charge in [-0.15, -0.1) is 0 Å². The summed E-state index contributed by atoms with van der Waals surface area (Å²) in [6.45, 7) is 1.47. The van der Waals surface area contributed by atoms with Crippen molar-refractivity contribution in [3.05, 3.63) is 94.0 Å². The molecular formula is C20H18Cl2N2. The first-order valence-electron chi connectivity index (χ1n) is 7.76. The Morgan fingerprint density at radius 2 is 1.04 bits per heavy atom. The van der Waals surface area contributed by atoms with Crippen molar-refractivity contribution in [2.75, 3.05) is 10.6 Å². The van der Waals surface area contributed by atoms with E-state index in [1.807, 2.05) is 42.5 Å². The van der Waals surface area contributed by atoms with E-state index in [1.165, 1.54) is 0 Å². The number of hydrogen-bond donors (Lipinski definition) is 2. The van der Waals surface area contributed by atoms with Crippen LogP contribution in [0.3, 0.4) is 0 Å². The highest BCUT2D eigenvalue weighted by Gasteiger charge is 1.99. The molecule has 0 atom stereocenters. The zero-order valence-electron chi connectivity index (χ0n) is 13.1. The van der Waals surface area contributed by atoms with Gasteiger partial charge in [-0.2, -0.15) is 0 Å². The molecule has 0 aliphatic rings. The van der Waals surface area contributed by atoms with Crippen molar-refractivity contribution in [2.24, 2.45) is 0 Å². The molecule has 2 N–H and O–H groups in total. The molecule has 24 heavy (non-hydrogen) atoms. The Morgan fingerprint density at radius 3 is 1.50 bits per heavy atom. The third-order valence-corrected chi connectivity index (χ3v) is 4.10. The molecule has 0 unspecified atom stereocenters. The second-order valence-corrected chi connectivity index (χ2v) is 6.42. The minimum absolute atomic E-state index is 0.734. The Labute approximate surface area is 152 Å². The van der Waals surface area contributed by atoms with Gasteiger partial charge in [-0.1, -0.05) is 53.5 Å². The molecule has 2 nitrogen and oxygen atoms in total. The third-order valence-electron chi connectivity index (χ3n) is 3.63. The lowest BCUT2D eigenvalue weighted by Gasteiger charge is -2.11. The number of anilines is 2. The summed E-state index contributed by atoms with van der Waals surface area (Å²) in [5, 5.41) is 8.34. The monoisotopic (exact) mass is 356 g/mol. The van der Waals surface area contributed by atoms with Gasteiger partial charge in [0.2, 0.25) is 0 Å². The van der Waals surface area contributed by atoms with Crippen LogP contribution in [0.15, 0.2) is 72.8 Å². The fourth-order valence-electron chi connectivity index (χ4n) is 2.44. The summed E-state index contributed by atoms with van der Waals surface area (Å²) in [5.74, 6) is 0. The average molecular weight is 357 g/mol. The van der Waals surface area contributed by atoms with Gasteiger partial charge < -0.3 is 10.6 Å². The van der Waals surface area contributed by atoms with Gasteiger partial charge in [-0.25, -0.2) is 0 Å². The summed E-state index contributed by atoms with van der Waals surface area (Å²) >= 11 is 12.0. The quantitative estimate of drug-likeness (QED) is 0.547. The maximum absolute atomic E-state index is 6.02. The van der Waals surface area contributed by atoms with Crippen molar-refractivity contribution < 1.29 is 0 Å². The summed E-state index contributed by atoms with van der Waals surface area (Å²) in [6, 6.07) is 24.0. The average Bonchev–Trinajstić information content (AvgIpc) is 2.59. The Balaban J connectivity index is 1.59. The van der Waals surface area contributed by atoms with Crippen LogP contribution in [0.2, 0.25) is 10.0 Å². The number of benzene rings is 3. The van der Waals surface area contributed by atoms with Crippen LogP contribution in [0.5, 0.6) is 0 Å². The van der Waals surface area contributed by atoms with Crippen LogP contribution in [0, 0.1) is 0 Å². The summed E-state index contributed by atoms with van der Waals surface area (Å²) in [7, 11) is 0. The minimum atomic E-state index is 0.734. The van der Waals surface area contributed by atoms with Gasteiger partial charge in [0.15, 0.2) is 0 Å². The van der Waals surface area contributed by atoms with Gasteiger partial charge >= 0.3 is 0 Å². The molecule has 3 aromatic rings. The first-order chi connectivity index (χ1) is 11.7. The molecule has 0 spiro atoms. The lowest BCUT2D eigenvalue weighted by Crippen LogP contribution is -2.02. The van der Waals surface area contributed by atoms with Gasteiger partial charge in [0, 0.05) is 34.5 Å². The largest absolute Gasteiger partial charge is 0.381 e. The van der Waals surface area contributed by atoms with E-state index in [0.717, 1.165) is 45.6 Å². The summed E-state index contributed by atoms with van der Waals surface area (Å²) in [6.07, 6.45) is 0. The molecule has 3 aromatic carbocycles. The predicted molar refractivity (Wildman–Crippen MR) is 104 cm³/mol. The Bertz CT molecular complexity index is 753. The Hall–Kier alpha value is -2.16. The standard InChI is InChI=1S/C20H18Cl2N2/c21-17-6-1-4-15(10-17)13-23-19-8-3-9-20(12-19)24-14-16-5-2-7-18(22)11-16/h1-12,23-24H,13-14H2. The summed E-state index contributed by atoms with van der Waals surface area (Å²) in [4.78, 5) is 0. The lowest BCUT2D eigenvalue weighted by molar-refractivity contribution is 1.13. The van der Waals surface area contributed by atoms with Gasteiger partial charge in [0.05, 0.1) is 0 Å². The van der Waals surface area contributed by atoms with E-state index in [0.29, 0.717) is 0 Å². The number of rotatable bonds is 6. The second-order valence-electron chi connectivity index (χ2n) is 5.55. The SMILES string of the molecule is Clc1cccc(CNc2cccc(NCc3cccc(Cl)c3)c2)c1. The molecule has 4 heteroatoms. The molecule has 0 amide bonds. The second kappa shape index (κ2) is 8.09. The zero-order valence-corrected chi connectivity index (χ0v) is 14.6. The molecule has 0 bridgehead atoms. The van der Waals surface area contributed by atoms with Gasteiger partial charge in [-0.05, 0) is 53.6 Å². The number of halogens is 2. The minimum Gasteiger partial charge on any atom is -0.381 e. The normalized spacial score (nSPS) is 10.4. The van der Waals surface area contributed by atoms with E-state index in [-0.39, 0.29) is 0 Å². The molecule has 0 fully saturated rings. The lowest BCUT2D eigenvalue weighted by atomic mass is 10.2. The highest BCUT2D eigenvalue weighted by atomic mass is 35.5. The molecule has 0 saturated heterocycles. The van der Waals surface area contributed by atoms with Crippen LogP contribution in [0.25, 0.3) is 0 Å². The van der Waals surface area contributed by atoms with Crippen molar-refractivity contribution in [3.8, 4) is 0 Å². The first-order valence-corrected chi connectivity index (χ1v) is 8.51. The molecule has 0 aromatic heterocycles. The topological polar surface area (TPSA) is 24.1 Å². The van der Waals surface area contributed by atoms with E-state index in [9.17, 15) is 0 Å². The summed E-state index contributed by atoms with van der Waals surface area (Å²) < 4.78 is 0. The molecule has 0 aliphatic carbocycles. The van der Waals surface area contributed by atoms with E-state index in [4.69, 9.17) is 23.2 Å². The zero-order chi connectivity index (χ0) is 16.8. The van der Waals surface area contributed by atoms with Crippen LogP contribution in [0.1, 0.15) is 11.1 Å². The molecule has 3 rings (SSSR count). The number of nitrogens with one attached hydrogen (secondary N) is 2. The van der Waals surface area contributed by atoms with Gasteiger partial charge in [0.1, 0.15) is 0 Å². The maximum atomic E-state index is 6.02. The van der Waals surface area contributed by atoms with Crippen molar-refractivity contribution >= 4 is 34.6 Å². The smallest absolute Gasteiger partial charge is 0.0409 e. The molecular weight excluding hydrogens is 339 g/mol. The van der Waals surface area contributed by atoms with Crippen LogP contribution in [-0.4, -0.2) is 0 Å². The highest BCUT2D eigenvalue weighted by Crippen LogP contribution is 2.18. The molecule has 0 saturated carbocycles.